The molecule has 1 aromatic heterocycles. The Bertz CT molecular complexity index is 931. The monoisotopic (exact) mass is 422 g/mol. The number of hydrogen-bond acceptors (Lipinski definition) is 5. The Labute approximate surface area is 170 Å². The number of benzene rings is 2. The van der Waals surface area contributed by atoms with Crippen molar-refractivity contribution in [3.05, 3.63) is 64.4 Å². The zero-order valence-corrected chi connectivity index (χ0v) is 16.7. The molecule has 0 spiro atoms. The zero-order valence-electron chi connectivity index (χ0n) is 14.4. The predicted molar refractivity (Wildman–Crippen MR) is 108 cm³/mol. The van der Waals surface area contributed by atoms with Crippen LogP contribution < -0.4 is 10.1 Å². The van der Waals surface area contributed by atoms with Gasteiger partial charge in [-0.15, -0.1) is 10.2 Å². The molecule has 0 fully saturated rings. The molecular formula is C18H16Cl2N4O2S. The van der Waals surface area contributed by atoms with Crippen LogP contribution in [0.25, 0.3) is 0 Å². The molecule has 0 aliphatic carbocycles. The van der Waals surface area contributed by atoms with E-state index in [4.69, 9.17) is 27.9 Å². The van der Waals surface area contributed by atoms with Gasteiger partial charge in [-0.25, -0.2) is 0 Å². The van der Waals surface area contributed by atoms with E-state index < -0.39 is 0 Å². The highest BCUT2D eigenvalue weighted by atomic mass is 35.5. The minimum absolute atomic E-state index is 0.140. The van der Waals surface area contributed by atoms with E-state index in [2.05, 4.69) is 15.5 Å². The molecular weight excluding hydrogens is 407 g/mol. The minimum Gasteiger partial charge on any atom is -0.484 e. The molecule has 0 saturated carbocycles. The summed E-state index contributed by atoms with van der Waals surface area (Å²) in [6.07, 6.45) is 0. The van der Waals surface area contributed by atoms with Crippen molar-refractivity contribution in [2.45, 2.75) is 11.8 Å². The van der Waals surface area contributed by atoms with E-state index in [1.165, 1.54) is 11.8 Å². The van der Waals surface area contributed by atoms with Crippen LogP contribution >= 0.6 is 35.0 Å². The van der Waals surface area contributed by atoms with Crippen LogP contribution in [0.1, 0.15) is 5.82 Å². The molecule has 2 aromatic carbocycles. The fourth-order valence-electron chi connectivity index (χ4n) is 2.16. The number of carbonyl (C=O) groups excluding carboxylic acids is 1. The third-order valence-electron chi connectivity index (χ3n) is 3.58. The van der Waals surface area contributed by atoms with E-state index in [0.29, 0.717) is 32.5 Å². The summed E-state index contributed by atoms with van der Waals surface area (Å²) >= 11 is 13.2. The van der Waals surface area contributed by atoms with Crippen molar-refractivity contribution in [1.82, 2.24) is 14.8 Å². The molecule has 1 amide bonds. The molecule has 0 bridgehead atoms. The number of thioether (sulfide) groups is 1. The van der Waals surface area contributed by atoms with Crippen molar-refractivity contribution in [3.63, 3.8) is 0 Å². The second-order valence-electron chi connectivity index (χ2n) is 5.52. The molecule has 3 aromatic rings. The van der Waals surface area contributed by atoms with Crippen LogP contribution in [0.5, 0.6) is 5.75 Å². The highest BCUT2D eigenvalue weighted by Gasteiger charge is 2.13. The summed E-state index contributed by atoms with van der Waals surface area (Å²) < 4.78 is 7.47. The van der Waals surface area contributed by atoms with Gasteiger partial charge in [-0.2, -0.15) is 0 Å². The van der Waals surface area contributed by atoms with E-state index in [9.17, 15) is 4.79 Å². The Morgan fingerprint density at radius 3 is 2.63 bits per heavy atom. The van der Waals surface area contributed by atoms with Gasteiger partial charge in [0.15, 0.2) is 11.0 Å². The van der Waals surface area contributed by atoms with Gasteiger partial charge >= 0.3 is 0 Å². The van der Waals surface area contributed by atoms with Gasteiger partial charge in [0.25, 0.3) is 0 Å². The van der Waals surface area contributed by atoms with Gasteiger partial charge in [0.05, 0.1) is 10.8 Å². The fraction of sp³-hybridized carbons (Fsp3) is 0.167. The lowest BCUT2D eigenvalue weighted by Gasteiger charge is -2.08. The van der Waals surface area contributed by atoms with E-state index in [-0.39, 0.29) is 18.3 Å². The van der Waals surface area contributed by atoms with Gasteiger partial charge < -0.3 is 14.6 Å². The lowest BCUT2D eigenvalue weighted by molar-refractivity contribution is -0.113. The molecule has 6 nitrogen and oxygen atoms in total. The molecule has 1 N–H and O–H groups in total. The maximum Gasteiger partial charge on any atom is 0.234 e. The number of amides is 1. The van der Waals surface area contributed by atoms with Gasteiger partial charge in [-0.1, -0.05) is 47.1 Å². The van der Waals surface area contributed by atoms with Crippen molar-refractivity contribution >= 4 is 46.6 Å². The first-order chi connectivity index (χ1) is 13.0. The lowest BCUT2D eigenvalue weighted by Crippen LogP contribution is -2.14. The number of nitrogens with one attached hydrogen (secondary N) is 1. The van der Waals surface area contributed by atoms with Gasteiger partial charge in [0, 0.05) is 17.8 Å². The molecule has 9 heteroatoms. The van der Waals surface area contributed by atoms with Crippen molar-refractivity contribution in [2.24, 2.45) is 7.05 Å². The Hall–Kier alpha value is -2.22. The normalized spacial score (nSPS) is 10.6. The predicted octanol–water partition coefficient (Wildman–Crippen LogP) is 4.43. The number of ether oxygens (including phenoxy) is 1. The SMILES string of the molecule is Cn1c(COc2ccccc2Cl)nnc1SCC(=O)Nc1ccc(Cl)cc1. The fourth-order valence-corrected chi connectivity index (χ4v) is 3.21. The van der Waals surface area contributed by atoms with E-state index in [1.54, 1.807) is 41.0 Å². The van der Waals surface area contributed by atoms with E-state index in [0.717, 1.165) is 0 Å². The summed E-state index contributed by atoms with van der Waals surface area (Å²) in [5, 5.41) is 12.8. The molecule has 0 unspecified atom stereocenters. The maximum absolute atomic E-state index is 12.1. The first-order valence-corrected chi connectivity index (χ1v) is 9.71. The molecule has 0 aliphatic heterocycles. The first-order valence-electron chi connectivity index (χ1n) is 7.97. The summed E-state index contributed by atoms with van der Waals surface area (Å²) in [7, 11) is 1.82. The van der Waals surface area contributed by atoms with Gasteiger partial charge in [-0.05, 0) is 36.4 Å². The van der Waals surface area contributed by atoms with Crippen LogP contribution in [0.15, 0.2) is 53.7 Å². The Kier molecular flexibility index (Phi) is 6.60. The topological polar surface area (TPSA) is 69.0 Å². The number of rotatable bonds is 7. The number of carbonyl (C=O) groups is 1. The van der Waals surface area contributed by atoms with Crippen molar-refractivity contribution < 1.29 is 9.53 Å². The summed E-state index contributed by atoms with van der Waals surface area (Å²) in [6.45, 7) is 0.227. The van der Waals surface area contributed by atoms with Gasteiger partial charge in [0.2, 0.25) is 5.91 Å². The number of para-hydroxylation sites is 1. The summed E-state index contributed by atoms with van der Waals surface area (Å²) in [5.74, 6) is 1.29. The van der Waals surface area contributed by atoms with Crippen LogP contribution in [0.2, 0.25) is 10.0 Å². The molecule has 0 atom stereocenters. The molecule has 3 rings (SSSR count). The summed E-state index contributed by atoms with van der Waals surface area (Å²) in [6, 6.07) is 14.2. The quantitative estimate of drug-likeness (QED) is 0.570. The first kappa shape index (κ1) is 19.5. The lowest BCUT2D eigenvalue weighted by atomic mass is 10.3. The Morgan fingerprint density at radius 1 is 1.15 bits per heavy atom. The number of aromatic nitrogens is 3. The Morgan fingerprint density at radius 2 is 1.89 bits per heavy atom. The zero-order chi connectivity index (χ0) is 19.2. The molecule has 140 valence electrons. The standard InChI is InChI=1S/C18H16Cl2N4O2S/c1-24-16(10-26-15-5-3-2-4-14(15)20)22-23-18(24)27-11-17(25)21-13-8-6-12(19)7-9-13/h2-9H,10-11H2,1H3,(H,21,25). The molecule has 0 saturated heterocycles. The molecule has 0 radical (unpaired) electrons. The molecule has 0 aliphatic rings. The van der Waals surface area contributed by atoms with E-state index >= 15 is 0 Å². The highest BCUT2D eigenvalue weighted by Crippen LogP contribution is 2.24. The third-order valence-corrected chi connectivity index (χ3v) is 5.16. The van der Waals surface area contributed by atoms with Crippen LogP contribution in [-0.2, 0) is 18.4 Å². The van der Waals surface area contributed by atoms with Crippen LogP contribution in [0.4, 0.5) is 5.69 Å². The van der Waals surface area contributed by atoms with Crippen molar-refractivity contribution in [2.75, 3.05) is 11.1 Å². The summed E-state index contributed by atoms with van der Waals surface area (Å²) in [5.41, 5.74) is 0.691. The smallest absolute Gasteiger partial charge is 0.234 e. The minimum atomic E-state index is -0.140. The number of halogens is 2. The maximum atomic E-state index is 12.1. The molecule has 27 heavy (non-hydrogen) atoms. The average Bonchev–Trinajstić information content (AvgIpc) is 3.01. The average molecular weight is 423 g/mol. The van der Waals surface area contributed by atoms with Crippen molar-refractivity contribution in [3.8, 4) is 5.75 Å². The second kappa shape index (κ2) is 9.12. The second-order valence-corrected chi connectivity index (χ2v) is 7.31. The van der Waals surface area contributed by atoms with E-state index in [1.807, 2.05) is 19.2 Å². The van der Waals surface area contributed by atoms with Gasteiger partial charge in [0.1, 0.15) is 12.4 Å². The number of nitrogens with zero attached hydrogens (tertiary/aromatic N) is 3. The van der Waals surface area contributed by atoms with Gasteiger partial charge in [-0.3, -0.25) is 4.79 Å². The van der Waals surface area contributed by atoms with Crippen LogP contribution in [-0.4, -0.2) is 26.4 Å². The van der Waals surface area contributed by atoms with Crippen LogP contribution in [0.3, 0.4) is 0 Å². The van der Waals surface area contributed by atoms with Crippen LogP contribution in [0, 0.1) is 0 Å². The largest absolute Gasteiger partial charge is 0.484 e. The number of anilines is 1. The highest BCUT2D eigenvalue weighted by molar-refractivity contribution is 7.99. The number of hydrogen-bond donors (Lipinski definition) is 1. The third kappa shape index (κ3) is 5.38. The molecule has 1 heterocycles. The Balaban J connectivity index is 1.53. The summed E-state index contributed by atoms with van der Waals surface area (Å²) in [4.78, 5) is 12.1. The van der Waals surface area contributed by atoms with Crippen molar-refractivity contribution in [1.29, 1.82) is 0 Å².